The summed E-state index contributed by atoms with van der Waals surface area (Å²) in [5.41, 5.74) is 6.64. The van der Waals surface area contributed by atoms with Gasteiger partial charge in [-0.05, 0) is 56.8 Å². The second-order valence-corrected chi connectivity index (χ2v) is 7.24. The number of ether oxygens (including phenoxy) is 1. The molecular formula is C16H31NO. The average molecular weight is 253 g/mol. The molecule has 0 spiro atoms. The molecule has 7 unspecified atom stereocenters. The topological polar surface area (TPSA) is 35.2 Å². The van der Waals surface area contributed by atoms with Crippen LogP contribution >= 0.6 is 0 Å². The van der Waals surface area contributed by atoms with E-state index in [0.29, 0.717) is 36.0 Å². The van der Waals surface area contributed by atoms with Gasteiger partial charge in [0.25, 0.3) is 0 Å². The maximum Gasteiger partial charge on any atom is 0.0597 e. The van der Waals surface area contributed by atoms with Gasteiger partial charge in [-0.1, -0.05) is 20.8 Å². The molecular weight excluding hydrogens is 222 g/mol. The molecule has 2 N–H and O–H groups in total. The highest BCUT2D eigenvalue weighted by Crippen LogP contribution is 2.41. The first-order valence-electron chi connectivity index (χ1n) is 7.81. The maximum atomic E-state index is 6.64. The zero-order valence-corrected chi connectivity index (χ0v) is 12.7. The van der Waals surface area contributed by atoms with Gasteiger partial charge in [0.05, 0.1) is 12.2 Å². The van der Waals surface area contributed by atoms with E-state index in [1.807, 2.05) is 0 Å². The zero-order valence-electron chi connectivity index (χ0n) is 12.7. The molecule has 0 bridgehead atoms. The molecule has 1 heterocycles. The SMILES string of the molecule is CC1CC(C)CC(C(N)C2C(C)OC(C)C2C)C1. The molecule has 0 amide bonds. The fourth-order valence-corrected chi connectivity index (χ4v) is 4.59. The lowest BCUT2D eigenvalue weighted by Gasteiger charge is -2.39. The smallest absolute Gasteiger partial charge is 0.0597 e. The highest BCUT2D eigenvalue weighted by Gasteiger charge is 2.43. The van der Waals surface area contributed by atoms with Crippen molar-refractivity contribution in [3.8, 4) is 0 Å². The predicted molar refractivity (Wildman–Crippen MR) is 76.3 cm³/mol. The lowest BCUT2D eigenvalue weighted by Crippen LogP contribution is -2.45. The van der Waals surface area contributed by atoms with Gasteiger partial charge in [0.1, 0.15) is 0 Å². The van der Waals surface area contributed by atoms with E-state index in [9.17, 15) is 0 Å². The van der Waals surface area contributed by atoms with Crippen LogP contribution < -0.4 is 5.73 Å². The van der Waals surface area contributed by atoms with E-state index >= 15 is 0 Å². The van der Waals surface area contributed by atoms with E-state index in [-0.39, 0.29) is 0 Å². The molecule has 2 aliphatic rings. The van der Waals surface area contributed by atoms with Crippen LogP contribution in [-0.4, -0.2) is 18.2 Å². The molecule has 0 aromatic carbocycles. The molecule has 2 rings (SSSR count). The van der Waals surface area contributed by atoms with Crippen LogP contribution in [0.25, 0.3) is 0 Å². The largest absolute Gasteiger partial charge is 0.375 e. The van der Waals surface area contributed by atoms with Gasteiger partial charge in [-0.25, -0.2) is 0 Å². The summed E-state index contributed by atoms with van der Waals surface area (Å²) in [6, 6.07) is 0.324. The van der Waals surface area contributed by atoms with Gasteiger partial charge in [-0.15, -0.1) is 0 Å². The molecule has 106 valence electrons. The van der Waals surface area contributed by atoms with Crippen molar-refractivity contribution in [2.24, 2.45) is 35.3 Å². The lowest BCUT2D eigenvalue weighted by atomic mass is 9.68. The summed E-state index contributed by atoms with van der Waals surface area (Å²) in [5.74, 6) is 3.53. The van der Waals surface area contributed by atoms with Crippen molar-refractivity contribution >= 4 is 0 Å². The van der Waals surface area contributed by atoms with Crippen molar-refractivity contribution in [1.29, 1.82) is 0 Å². The number of hydrogen-bond acceptors (Lipinski definition) is 2. The molecule has 1 saturated carbocycles. The molecule has 2 fully saturated rings. The van der Waals surface area contributed by atoms with Crippen LogP contribution in [0.3, 0.4) is 0 Å². The van der Waals surface area contributed by atoms with E-state index < -0.39 is 0 Å². The normalized spacial score (nSPS) is 51.3. The monoisotopic (exact) mass is 253 g/mol. The Morgan fingerprint density at radius 1 is 0.889 bits per heavy atom. The molecule has 1 aliphatic carbocycles. The Kier molecular flexibility index (Phi) is 4.38. The van der Waals surface area contributed by atoms with Crippen molar-refractivity contribution < 1.29 is 4.74 Å². The lowest BCUT2D eigenvalue weighted by molar-refractivity contribution is 0.0435. The molecule has 2 heteroatoms. The maximum absolute atomic E-state index is 6.64. The van der Waals surface area contributed by atoms with Crippen LogP contribution in [0.5, 0.6) is 0 Å². The Bertz CT molecular complexity index is 270. The average Bonchev–Trinajstić information content (AvgIpc) is 2.51. The third-order valence-corrected chi connectivity index (χ3v) is 5.52. The van der Waals surface area contributed by atoms with Crippen LogP contribution in [0.15, 0.2) is 0 Å². The van der Waals surface area contributed by atoms with Gasteiger partial charge in [-0.2, -0.15) is 0 Å². The molecule has 1 aliphatic heterocycles. The van der Waals surface area contributed by atoms with Crippen molar-refractivity contribution in [3.05, 3.63) is 0 Å². The quantitative estimate of drug-likeness (QED) is 0.818. The molecule has 18 heavy (non-hydrogen) atoms. The standard InChI is InChI=1S/C16H31NO/c1-9-6-10(2)8-14(7-9)16(17)15-11(3)12(4)18-13(15)5/h9-16H,6-8,17H2,1-5H3. The highest BCUT2D eigenvalue weighted by molar-refractivity contribution is 4.94. The van der Waals surface area contributed by atoms with E-state index in [1.165, 1.54) is 19.3 Å². The minimum absolute atomic E-state index is 0.324. The summed E-state index contributed by atoms with van der Waals surface area (Å²) in [7, 11) is 0. The van der Waals surface area contributed by atoms with Gasteiger partial charge >= 0.3 is 0 Å². The molecule has 7 atom stereocenters. The van der Waals surface area contributed by atoms with Gasteiger partial charge in [0.15, 0.2) is 0 Å². The van der Waals surface area contributed by atoms with Crippen LogP contribution in [0.4, 0.5) is 0 Å². The Hall–Kier alpha value is -0.0800. The van der Waals surface area contributed by atoms with Crippen LogP contribution in [0.1, 0.15) is 53.9 Å². The number of hydrogen-bond donors (Lipinski definition) is 1. The fraction of sp³-hybridized carbons (Fsp3) is 1.00. The number of nitrogens with two attached hydrogens (primary N) is 1. The summed E-state index contributed by atoms with van der Waals surface area (Å²) in [6.07, 6.45) is 4.71. The second kappa shape index (κ2) is 5.50. The Labute approximate surface area is 113 Å². The molecule has 0 aromatic heterocycles. The zero-order chi connectivity index (χ0) is 13.4. The molecule has 2 nitrogen and oxygen atoms in total. The Morgan fingerprint density at radius 3 is 1.89 bits per heavy atom. The van der Waals surface area contributed by atoms with Crippen molar-refractivity contribution in [1.82, 2.24) is 0 Å². The van der Waals surface area contributed by atoms with Gasteiger partial charge in [-0.3, -0.25) is 0 Å². The third-order valence-electron chi connectivity index (χ3n) is 5.52. The highest BCUT2D eigenvalue weighted by atomic mass is 16.5. The first kappa shape index (κ1) is 14.3. The third kappa shape index (κ3) is 2.75. The van der Waals surface area contributed by atoms with E-state index in [0.717, 1.165) is 11.8 Å². The summed E-state index contributed by atoms with van der Waals surface area (Å²) in [5, 5.41) is 0. The minimum Gasteiger partial charge on any atom is -0.375 e. The van der Waals surface area contributed by atoms with E-state index in [2.05, 4.69) is 34.6 Å². The van der Waals surface area contributed by atoms with Crippen molar-refractivity contribution in [3.63, 3.8) is 0 Å². The van der Waals surface area contributed by atoms with Gasteiger partial charge in [0.2, 0.25) is 0 Å². The fourth-order valence-electron chi connectivity index (χ4n) is 4.59. The summed E-state index contributed by atoms with van der Waals surface area (Å²) >= 11 is 0. The van der Waals surface area contributed by atoms with Crippen LogP contribution in [-0.2, 0) is 4.74 Å². The predicted octanol–water partition coefficient (Wildman–Crippen LogP) is 3.45. The molecule has 1 saturated heterocycles. The van der Waals surface area contributed by atoms with Crippen molar-refractivity contribution in [2.45, 2.75) is 72.1 Å². The first-order chi connectivity index (χ1) is 8.40. The summed E-state index contributed by atoms with van der Waals surface area (Å²) < 4.78 is 5.97. The molecule has 0 aromatic rings. The first-order valence-corrected chi connectivity index (χ1v) is 7.81. The van der Waals surface area contributed by atoms with Gasteiger partial charge < -0.3 is 10.5 Å². The summed E-state index contributed by atoms with van der Waals surface area (Å²) in [6.45, 7) is 11.5. The number of rotatable bonds is 2. The van der Waals surface area contributed by atoms with Crippen LogP contribution in [0, 0.1) is 29.6 Å². The minimum atomic E-state index is 0.324. The van der Waals surface area contributed by atoms with E-state index in [1.54, 1.807) is 0 Å². The second-order valence-electron chi connectivity index (χ2n) is 7.24. The molecule has 0 radical (unpaired) electrons. The van der Waals surface area contributed by atoms with Crippen LogP contribution in [0.2, 0.25) is 0 Å². The Morgan fingerprint density at radius 2 is 1.44 bits per heavy atom. The summed E-state index contributed by atoms with van der Waals surface area (Å²) in [4.78, 5) is 0. The Balaban J connectivity index is 2.04. The van der Waals surface area contributed by atoms with E-state index in [4.69, 9.17) is 10.5 Å². The van der Waals surface area contributed by atoms with Crippen molar-refractivity contribution in [2.75, 3.05) is 0 Å². The van der Waals surface area contributed by atoms with Gasteiger partial charge in [0, 0.05) is 12.0 Å².